The molecule has 7 heteroatoms. The molecule has 1 amide bonds. The van der Waals surface area contributed by atoms with Crippen molar-refractivity contribution in [3.63, 3.8) is 0 Å². The average molecular weight is 393 g/mol. The first-order valence-electron chi connectivity index (χ1n) is 9.41. The number of fused-ring (bicyclic) bond motifs is 2. The minimum absolute atomic E-state index is 0.0521. The molecule has 1 N–H and O–H groups in total. The molecule has 3 aromatic rings. The third-order valence-electron chi connectivity index (χ3n) is 5.04. The predicted molar refractivity (Wildman–Crippen MR) is 109 cm³/mol. The molecule has 1 aromatic heterocycles. The highest BCUT2D eigenvalue weighted by molar-refractivity contribution is 5.95. The summed E-state index contributed by atoms with van der Waals surface area (Å²) in [5.74, 6) is 0.504. The second-order valence-electron chi connectivity index (χ2n) is 8.12. The van der Waals surface area contributed by atoms with Crippen LogP contribution in [-0.4, -0.2) is 28.3 Å². The summed E-state index contributed by atoms with van der Waals surface area (Å²) >= 11 is 0. The van der Waals surface area contributed by atoms with E-state index >= 15 is 0 Å². The van der Waals surface area contributed by atoms with Gasteiger partial charge in [0.05, 0.1) is 5.52 Å². The number of para-hydroxylation sites is 1. The molecule has 0 bridgehead atoms. The number of aromatic hydroxyl groups is 1. The zero-order valence-electron chi connectivity index (χ0n) is 16.8. The summed E-state index contributed by atoms with van der Waals surface area (Å²) in [5.41, 5.74) is 2.08. The molecule has 0 aliphatic carbocycles. The van der Waals surface area contributed by atoms with Crippen molar-refractivity contribution in [1.82, 2.24) is 4.57 Å². The maximum absolute atomic E-state index is 12.6. The average Bonchev–Trinajstić information content (AvgIpc) is 2.95. The first kappa shape index (κ1) is 19.0. The van der Waals surface area contributed by atoms with Gasteiger partial charge in [0.2, 0.25) is 12.0 Å². The Bertz CT molecular complexity index is 1130. The number of carbonyl (C=O) groups is 1. The van der Waals surface area contributed by atoms with Crippen LogP contribution in [0.2, 0.25) is 0 Å². The number of rotatable bonds is 2. The summed E-state index contributed by atoms with van der Waals surface area (Å²) in [4.78, 5) is 12.6. The van der Waals surface area contributed by atoms with Crippen molar-refractivity contribution in [2.45, 2.75) is 32.3 Å². The molecular formula is C22H23N3O4. The summed E-state index contributed by atoms with van der Waals surface area (Å²) in [7, 11) is 1.72. The van der Waals surface area contributed by atoms with Crippen LogP contribution in [0, 0.1) is 0 Å². The van der Waals surface area contributed by atoms with Gasteiger partial charge in [-0.2, -0.15) is 0 Å². The molecule has 0 fully saturated rings. The molecule has 7 nitrogen and oxygen atoms in total. The summed E-state index contributed by atoms with van der Waals surface area (Å²) in [6, 6.07) is 13.1. The first-order valence-corrected chi connectivity index (χ1v) is 9.41. The lowest BCUT2D eigenvalue weighted by atomic mass is 9.87. The van der Waals surface area contributed by atoms with E-state index in [0.29, 0.717) is 16.9 Å². The number of ether oxygens (including phenoxy) is 2. The Morgan fingerprint density at radius 2 is 1.93 bits per heavy atom. The molecule has 1 unspecified atom stereocenters. The Balaban J connectivity index is 1.57. The molecule has 1 aliphatic rings. The largest absolute Gasteiger partial charge is 0.493 e. The highest BCUT2D eigenvalue weighted by Crippen LogP contribution is 2.39. The highest BCUT2D eigenvalue weighted by atomic mass is 16.6. The summed E-state index contributed by atoms with van der Waals surface area (Å²) in [6.45, 7) is 6.37. The quantitative estimate of drug-likeness (QED) is 0.643. The maximum Gasteiger partial charge on any atom is 0.308 e. The summed E-state index contributed by atoms with van der Waals surface area (Å²) in [5, 5.41) is 18.8. The lowest BCUT2D eigenvalue weighted by Gasteiger charge is -2.27. The van der Waals surface area contributed by atoms with Gasteiger partial charge in [-0.15, -0.1) is 10.2 Å². The van der Waals surface area contributed by atoms with Crippen LogP contribution in [0.4, 0.5) is 5.69 Å². The van der Waals surface area contributed by atoms with Crippen molar-refractivity contribution >= 4 is 22.5 Å². The molecule has 4 rings (SSSR count). The Labute approximate surface area is 168 Å². The van der Waals surface area contributed by atoms with Crippen molar-refractivity contribution in [2.75, 3.05) is 6.61 Å². The minimum atomic E-state index is -0.890. The van der Waals surface area contributed by atoms with Crippen LogP contribution in [0.5, 0.6) is 17.4 Å². The number of azo groups is 1. The van der Waals surface area contributed by atoms with Gasteiger partial charge in [-0.1, -0.05) is 45.0 Å². The number of amides is 1. The van der Waals surface area contributed by atoms with Gasteiger partial charge < -0.3 is 19.1 Å². The van der Waals surface area contributed by atoms with Crippen molar-refractivity contribution < 1.29 is 19.4 Å². The maximum atomic E-state index is 12.6. The standard InChI is InChI=1S/C22H23N3O4/c1-22(2,3)13-9-10-16-17(11-13)29-18(12-28-16)20(26)24-23-19-14-7-5-6-8-15(14)25(4)21(19)27/h5-11,18,27H,12H2,1-4H3. The molecule has 1 atom stereocenters. The lowest BCUT2D eigenvalue weighted by Crippen LogP contribution is -2.35. The van der Waals surface area contributed by atoms with Gasteiger partial charge in [0.15, 0.2) is 17.2 Å². The highest BCUT2D eigenvalue weighted by Gasteiger charge is 2.29. The number of nitrogens with zero attached hydrogens (tertiary/aromatic N) is 3. The van der Waals surface area contributed by atoms with E-state index in [9.17, 15) is 9.90 Å². The number of carbonyl (C=O) groups excluding carboxylic acids is 1. The molecule has 0 radical (unpaired) electrons. The monoisotopic (exact) mass is 393 g/mol. The van der Waals surface area contributed by atoms with E-state index in [0.717, 1.165) is 11.1 Å². The van der Waals surface area contributed by atoms with E-state index in [1.807, 2.05) is 42.5 Å². The topological polar surface area (TPSA) is 85.4 Å². The Kier molecular flexibility index (Phi) is 4.53. The normalized spacial score (nSPS) is 16.5. The second-order valence-corrected chi connectivity index (χ2v) is 8.12. The van der Waals surface area contributed by atoms with Gasteiger partial charge >= 0.3 is 5.91 Å². The van der Waals surface area contributed by atoms with Crippen LogP contribution in [0.3, 0.4) is 0 Å². The Hall–Kier alpha value is -3.35. The van der Waals surface area contributed by atoms with Gasteiger partial charge in [-0.05, 0) is 29.2 Å². The fraction of sp³-hybridized carbons (Fsp3) is 0.318. The molecule has 29 heavy (non-hydrogen) atoms. The number of aryl methyl sites for hydroxylation is 1. The number of hydrogen-bond acceptors (Lipinski definition) is 5. The Morgan fingerprint density at radius 3 is 2.69 bits per heavy atom. The van der Waals surface area contributed by atoms with Crippen LogP contribution >= 0.6 is 0 Å². The predicted octanol–water partition coefficient (Wildman–Crippen LogP) is 4.63. The van der Waals surface area contributed by atoms with E-state index in [1.165, 1.54) is 0 Å². The molecule has 150 valence electrons. The fourth-order valence-electron chi connectivity index (χ4n) is 3.28. The zero-order chi connectivity index (χ0) is 20.8. The van der Waals surface area contributed by atoms with Crippen molar-refractivity contribution in [3.05, 3.63) is 48.0 Å². The van der Waals surface area contributed by atoms with E-state index in [1.54, 1.807) is 11.6 Å². The van der Waals surface area contributed by atoms with E-state index in [4.69, 9.17) is 9.47 Å². The van der Waals surface area contributed by atoms with E-state index in [2.05, 4.69) is 31.0 Å². The van der Waals surface area contributed by atoms with Crippen LogP contribution in [0.15, 0.2) is 52.7 Å². The van der Waals surface area contributed by atoms with Crippen molar-refractivity contribution in [3.8, 4) is 17.4 Å². The Morgan fingerprint density at radius 1 is 1.17 bits per heavy atom. The van der Waals surface area contributed by atoms with Gasteiger partial charge in [0.1, 0.15) is 6.61 Å². The van der Waals surface area contributed by atoms with Gasteiger partial charge in [-0.3, -0.25) is 4.79 Å². The minimum Gasteiger partial charge on any atom is -0.493 e. The van der Waals surface area contributed by atoms with Crippen molar-refractivity contribution in [2.24, 2.45) is 17.3 Å². The van der Waals surface area contributed by atoms with Gasteiger partial charge in [0, 0.05) is 12.4 Å². The molecule has 0 spiro atoms. The second kappa shape index (κ2) is 6.92. The van der Waals surface area contributed by atoms with Crippen molar-refractivity contribution in [1.29, 1.82) is 0 Å². The molecule has 2 aromatic carbocycles. The summed E-state index contributed by atoms with van der Waals surface area (Å²) < 4.78 is 13.1. The molecule has 2 heterocycles. The third kappa shape index (κ3) is 3.44. The van der Waals surface area contributed by atoms with E-state index < -0.39 is 12.0 Å². The molecule has 0 saturated carbocycles. The SMILES string of the molecule is Cn1c(O)c(N=NC(=O)C2COc3ccc(C(C)(C)C)cc3O2)c2ccccc21. The lowest BCUT2D eigenvalue weighted by molar-refractivity contribution is -0.127. The first-order chi connectivity index (χ1) is 13.8. The zero-order valence-corrected chi connectivity index (χ0v) is 16.8. The number of aromatic nitrogens is 1. The van der Waals surface area contributed by atoms with Crippen LogP contribution in [0.1, 0.15) is 26.3 Å². The number of benzene rings is 2. The van der Waals surface area contributed by atoms with Gasteiger partial charge in [0.25, 0.3) is 0 Å². The fourth-order valence-corrected chi connectivity index (χ4v) is 3.28. The smallest absolute Gasteiger partial charge is 0.308 e. The summed E-state index contributed by atoms with van der Waals surface area (Å²) in [6.07, 6.45) is -0.890. The molecular weight excluding hydrogens is 370 g/mol. The van der Waals surface area contributed by atoms with Crippen LogP contribution < -0.4 is 9.47 Å². The third-order valence-corrected chi connectivity index (χ3v) is 5.04. The van der Waals surface area contributed by atoms with Crippen LogP contribution in [0.25, 0.3) is 10.9 Å². The van der Waals surface area contributed by atoms with Crippen LogP contribution in [-0.2, 0) is 17.3 Å². The number of hydrogen-bond donors (Lipinski definition) is 1. The molecule has 1 aliphatic heterocycles. The van der Waals surface area contributed by atoms with E-state index in [-0.39, 0.29) is 23.6 Å². The van der Waals surface area contributed by atoms with Gasteiger partial charge in [-0.25, -0.2) is 0 Å². The molecule has 0 saturated heterocycles.